The van der Waals surface area contributed by atoms with Gasteiger partial charge in [-0.15, -0.1) is 0 Å². The van der Waals surface area contributed by atoms with Gasteiger partial charge < -0.3 is 15.4 Å². The maximum Gasteiger partial charge on any atom is 0.224 e. The third-order valence-corrected chi connectivity index (χ3v) is 4.69. The van der Waals surface area contributed by atoms with E-state index in [0.717, 1.165) is 29.9 Å². The Balaban J connectivity index is 0.000000592. The van der Waals surface area contributed by atoms with Gasteiger partial charge in [0, 0.05) is 20.0 Å². The summed E-state index contributed by atoms with van der Waals surface area (Å²) in [5, 5.41) is 5.48. The van der Waals surface area contributed by atoms with Gasteiger partial charge in [-0.3, -0.25) is 9.59 Å². The van der Waals surface area contributed by atoms with Gasteiger partial charge in [-0.25, -0.2) is 0 Å². The fourth-order valence-corrected chi connectivity index (χ4v) is 2.91. The van der Waals surface area contributed by atoms with Gasteiger partial charge >= 0.3 is 0 Å². The van der Waals surface area contributed by atoms with Crippen LogP contribution in [0.3, 0.4) is 0 Å². The molecule has 2 N–H and O–H groups in total. The molecule has 2 aromatic rings. The molecule has 31 heavy (non-hydrogen) atoms. The lowest BCUT2D eigenvalue weighted by Crippen LogP contribution is -2.24. The fourth-order valence-electron chi connectivity index (χ4n) is 2.91. The van der Waals surface area contributed by atoms with Crippen molar-refractivity contribution in [1.29, 1.82) is 0 Å². The highest BCUT2D eigenvalue weighted by Gasteiger charge is 2.04. The van der Waals surface area contributed by atoms with Crippen LogP contribution in [-0.4, -0.2) is 25.5 Å². The normalized spacial score (nSPS) is 11.0. The van der Waals surface area contributed by atoms with Crippen LogP contribution in [0.1, 0.15) is 57.6 Å². The lowest BCUT2D eigenvalue weighted by Gasteiger charge is -2.12. The number of carbonyl (C=O) groups excluding carboxylic acids is 2. The smallest absolute Gasteiger partial charge is 0.224 e. The second-order valence-corrected chi connectivity index (χ2v) is 7.71. The maximum absolute atomic E-state index is 12.0. The van der Waals surface area contributed by atoms with Crippen LogP contribution in [0.4, 0.5) is 0 Å². The molecule has 0 aliphatic carbocycles. The Bertz CT molecular complexity index is 745. The molecule has 0 saturated carbocycles. The third-order valence-electron chi connectivity index (χ3n) is 4.69. The van der Waals surface area contributed by atoms with Crippen molar-refractivity contribution in [3.8, 4) is 5.75 Å². The Morgan fingerprint density at radius 1 is 0.903 bits per heavy atom. The number of carbonyl (C=O) groups is 2. The van der Waals surface area contributed by atoms with E-state index in [0.29, 0.717) is 25.3 Å². The van der Waals surface area contributed by atoms with E-state index in [9.17, 15) is 9.59 Å². The molecule has 0 fully saturated rings. The summed E-state index contributed by atoms with van der Waals surface area (Å²) in [7, 11) is 1.65. The van der Waals surface area contributed by atoms with Gasteiger partial charge in [0.2, 0.25) is 11.8 Å². The molecule has 5 nitrogen and oxygen atoms in total. The van der Waals surface area contributed by atoms with Gasteiger partial charge in [-0.2, -0.15) is 0 Å². The average Bonchev–Trinajstić information content (AvgIpc) is 2.78. The first-order valence-electron chi connectivity index (χ1n) is 11.2. The van der Waals surface area contributed by atoms with Gasteiger partial charge in [-0.1, -0.05) is 69.7 Å². The Morgan fingerprint density at radius 2 is 1.58 bits per heavy atom. The number of benzene rings is 2. The monoisotopic (exact) mass is 426 g/mol. The zero-order valence-electron chi connectivity index (χ0n) is 19.4. The van der Waals surface area contributed by atoms with E-state index in [-0.39, 0.29) is 11.8 Å². The molecule has 1 unspecified atom stereocenters. The molecule has 1 atom stereocenters. The van der Waals surface area contributed by atoms with E-state index < -0.39 is 0 Å². The van der Waals surface area contributed by atoms with Crippen LogP contribution in [0.5, 0.6) is 5.75 Å². The summed E-state index contributed by atoms with van der Waals surface area (Å²) < 4.78 is 5.79. The minimum atomic E-state index is 0.0370. The molecule has 170 valence electrons. The van der Waals surface area contributed by atoms with Gasteiger partial charge in [0.1, 0.15) is 5.75 Å². The van der Waals surface area contributed by atoms with Crippen LogP contribution >= 0.6 is 0 Å². The number of amides is 2. The van der Waals surface area contributed by atoms with E-state index >= 15 is 0 Å². The molecule has 2 amide bonds. The standard InChI is InChI=1S/C21H27NO2.C5H11NO/c1-3-7-17(2)16-24-20-12-10-19(11-13-20)15-22-21(23)14-18-8-5-4-6-9-18;1-3-4-5(7)6-2/h4-6,8-13,17H,3,7,14-16H2,1-2H3,(H,22,23);3-4H2,1-2H3,(H,6,7). The largest absolute Gasteiger partial charge is 0.493 e. The van der Waals surface area contributed by atoms with Crippen molar-refractivity contribution in [3.63, 3.8) is 0 Å². The maximum atomic E-state index is 12.0. The van der Waals surface area contributed by atoms with Gasteiger partial charge in [0.05, 0.1) is 13.0 Å². The predicted molar refractivity (Wildman–Crippen MR) is 127 cm³/mol. The van der Waals surface area contributed by atoms with Crippen molar-refractivity contribution in [3.05, 3.63) is 65.7 Å². The quantitative estimate of drug-likeness (QED) is 0.537. The summed E-state index contributed by atoms with van der Waals surface area (Å²) in [6, 6.07) is 17.7. The number of ether oxygens (including phenoxy) is 1. The van der Waals surface area contributed by atoms with E-state index in [1.807, 2.05) is 61.5 Å². The molecule has 5 heteroatoms. The highest BCUT2D eigenvalue weighted by atomic mass is 16.5. The van der Waals surface area contributed by atoms with Crippen molar-refractivity contribution in [2.24, 2.45) is 5.92 Å². The van der Waals surface area contributed by atoms with E-state index in [1.165, 1.54) is 12.8 Å². The Labute approximate surface area is 187 Å². The summed E-state index contributed by atoms with van der Waals surface area (Å²) in [5.41, 5.74) is 2.10. The molecule has 0 aromatic heterocycles. The summed E-state index contributed by atoms with van der Waals surface area (Å²) in [5.74, 6) is 1.63. The van der Waals surface area contributed by atoms with E-state index in [4.69, 9.17) is 4.74 Å². The van der Waals surface area contributed by atoms with Crippen molar-refractivity contribution in [2.45, 2.75) is 59.4 Å². The van der Waals surface area contributed by atoms with Gasteiger partial charge in [0.25, 0.3) is 0 Å². The number of hydrogen-bond donors (Lipinski definition) is 2. The van der Waals surface area contributed by atoms with Crippen molar-refractivity contribution >= 4 is 11.8 Å². The molecule has 0 radical (unpaired) electrons. The lowest BCUT2D eigenvalue weighted by molar-refractivity contribution is -0.121. The topological polar surface area (TPSA) is 67.4 Å². The molecule has 0 saturated heterocycles. The van der Waals surface area contributed by atoms with Crippen LogP contribution < -0.4 is 15.4 Å². The van der Waals surface area contributed by atoms with Crippen LogP contribution in [0, 0.1) is 5.92 Å². The first-order valence-corrected chi connectivity index (χ1v) is 11.2. The van der Waals surface area contributed by atoms with Crippen molar-refractivity contribution in [2.75, 3.05) is 13.7 Å². The van der Waals surface area contributed by atoms with Gasteiger partial charge in [0.15, 0.2) is 0 Å². The number of nitrogens with one attached hydrogen (secondary N) is 2. The SMILES string of the molecule is CCCC(=O)NC.CCCC(C)COc1ccc(CNC(=O)Cc2ccccc2)cc1. The molecule has 0 spiro atoms. The highest BCUT2D eigenvalue weighted by molar-refractivity contribution is 5.78. The predicted octanol–water partition coefficient (Wildman–Crippen LogP) is 4.89. The molecular formula is C26H38N2O3. The van der Waals surface area contributed by atoms with Crippen molar-refractivity contribution in [1.82, 2.24) is 10.6 Å². The number of rotatable bonds is 11. The lowest BCUT2D eigenvalue weighted by atomic mass is 10.1. The van der Waals surface area contributed by atoms with Crippen molar-refractivity contribution < 1.29 is 14.3 Å². The molecule has 0 heterocycles. The zero-order chi connectivity index (χ0) is 22.9. The Morgan fingerprint density at radius 3 is 2.13 bits per heavy atom. The second kappa shape index (κ2) is 15.9. The second-order valence-electron chi connectivity index (χ2n) is 7.71. The Hall–Kier alpha value is -2.82. The van der Waals surface area contributed by atoms with Gasteiger partial charge in [-0.05, 0) is 42.0 Å². The molecule has 2 aromatic carbocycles. The molecule has 0 aliphatic heterocycles. The van der Waals surface area contributed by atoms with Crippen LogP contribution in [0.2, 0.25) is 0 Å². The van der Waals surface area contributed by atoms with E-state index in [2.05, 4.69) is 24.5 Å². The average molecular weight is 427 g/mol. The molecule has 0 aliphatic rings. The van der Waals surface area contributed by atoms with Crippen LogP contribution in [0.25, 0.3) is 0 Å². The summed E-state index contributed by atoms with van der Waals surface area (Å²) in [6.45, 7) is 7.67. The molecule has 2 rings (SSSR count). The summed E-state index contributed by atoms with van der Waals surface area (Å²) in [4.78, 5) is 22.3. The molecular weight excluding hydrogens is 388 g/mol. The minimum Gasteiger partial charge on any atom is -0.493 e. The van der Waals surface area contributed by atoms with Crippen LogP contribution in [-0.2, 0) is 22.6 Å². The summed E-state index contributed by atoms with van der Waals surface area (Å²) >= 11 is 0. The summed E-state index contributed by atoms with van der Waals surface area (Å²) in [6.07, 6.45) is 4.37. The highest BCUT2D eigenvalue weighted by Crippen LogP contribution is 2.14. The number of hydrogen-bond acceptors (Lipinski definition) is 3. The first kappa shape index (κ1) is 26.2. The van der Waals surface area contributed by atoms with Crippen LogP contribution in [0.15, 0.2) is 54.6 Å². The van der Waals surface area contributed by atoms with E-state index in [1.54, 1.807) is 7.05 Å². The molecule has 0 bridgehead atoms. The first-order chi connectivity index (χ1) is 15.0. The fraction of sp³-hybridized carbons (Fsp3) is 0.462. The zero-order valence-corrected chi connectivity index (χ0v) is 19.4. The third kappa shape index (κ3) is 12.5. The minimum absolute atomic E-state index is 0.0370. The Kier molecular flexibility index (Phi) is 13.5.